The molecule has 2 rings (SSSR count). The van der Waals surface area contributed by atoms with Gasteiger partial charge in [-0.2, -0.15) is 0 Å². The summed E-state index contributed by atoms with van der Waals surface area (Å²) < 4.78 is 0. The van der Waals surface area contributed by atoms with Crippen molar-refractivity contribution in [2.24, 2.45) is 0 Å². The molecule has 8 heteroatoms. The minimum absolute atomic E-state index is 0.279. The van der Waals surface area contributed by atoms with E-state index >= 15 is 0 Å². The van der Waals surface area contributed by atoms with Crippen molar-refractivity contribution in [3.8, 4) is 0 Å². The number of nitrogens with one attached hydrogen (secondary N) is 4. The van der Waals surface area contributed by atoms with E-state index in [9.17, 15) is 4.79 Å². The van der Waals surface area contributed by atoms with Crippen LogP contribution < -0.4 is 21.5 Å². The van der Waals surface area contributed by atoms with Crippen LogP contribution in [0.3, 0.4) is 0 Å². The van der Waals surface area contributed by atoms with Crippen molar-refractivity contribution in [1.82, 2.24) is 10.9 Å². The molecule has 0 saturated heterocycles. The Kier molecular flexibility index (Phi) is 6.66. The van der Waals surface area contributed by atoms with Gasteiger partial charge in [-0.25, -0.2) is 0 Å². The topological polar surface area (TPSA) is 65.2 Å². The summed E-state index contributed by atoms with van der Waals surface area (Å²) in [7, 11) is 0. The fraction of sp³-hybridized carbons (Fsp3) is 0.125. The Morgan fingerprint density at radius 3 is 2.38 bits per heavy atom. The molecule has 0 fully saturated rings. The molecule has 0 aromatic heterocycles. The highest BCUT2D eigenvalue weighted by atomic mass is 35.5. The molecule has 0 spiro atoms. The lowest BCUT2D eigenvalue weighted by Gasteiger charge is -2.17. The van der Waals surface area contributed by atoms with Crippen LogP contribution in [-0.4, -0.2) is 17.1 Å². The zero-order valence-electron chi connectivity index (χ0n) is 12.8. The second-order valence-corrected chi connectivity index (χ2v) is 6.15. The smallest absolute Gasteiger partial charge is 0.260 e. The summed E-state index contributed by atoms with van der Waals surface area (Å²) in [5.41, 5.74) is 6.70. The number of benzene rings is 2. The van der Waals surface area contributed by atoms with E-state index in [1.54, 1.807) is 25.1 Å². The SMILES string of the molecule is CC(Nc1ccc(Cl)c(Cl)c1)C(=O)NNC(=S)Nc1ccccc1. The first-order chi connectivity index (χ1) is 11.5. The Labute approximate surface area is 155 Å². The minimum Gasteiger partial charge on any atom is -0.374 e. The van der Waals surface area contributed by atoms with Gasteiger partial charge in [0.1, 0.15) is 6.04 Å². The fourth-order valence-corrected chi connectivity index (χ4v) is 2.28. The average Bonchev–Trinajstić information content (AvgIpc) is 2.57. The van der Waals surface area contributed by atoms with Crippen LogP contribution >= 0.6 is 35.4 Å². The molecule has 126 valence electrons. The second kappa shape index (κ2) is 8.73. The number of thiocarbonyl (C=S) groups is 1. The number of amides is 1. The number of rotatable bonds is 4. The largest absolute Gasteiger partial charge is 0.374 e. The first kappa shape index (κ1) is 18.3. The number of para-hydroxylation sites is 1. The van der Waals surface area contributed by atoms with Crippen LogP contribution in [0.5, 0.6) is 0 Å². The van der Waals surface area contributed by atoms with Gasteiger partial charge in [0.15, 0.2) is 5.11 Å². The lowest BCUT2D eigenvalue weighted by molar-refractivity contribution is -0.122. The fourth-order valence-electron chi connectivity index (χ4n) is 1.81. The molecular weight excluding hydrogens is 367 g/mol. The monoisotopic (exact) mass is 382 g/mol. The number of hydrogen-bond donors (Lipinski definition) is 4. The summed E-state index contributed by atoms with van der Waals surface area (Å²) >= 11 is 16.9. The van der Waals surface area contributed by atoms with Crippen molar-refractivity contribution < 1.29 is 4.79 Å². The summed E-state index contributed by atoms with van der Waals surface area (Å²) in [6.45, 7) is 1.72. The number of hydrogen-bond acceptors (Lipinski definition) is 3. The maximum Gasteiger partial charge on any atom is 0.260 e. The van der Waals surface area contributed by atoms with Crippen LogP contribution in [0.15, 0.2) is 48.5 Å². The van der Waals surface area contributed by atoms with Crippen molar-refractivity contribution in [3.63, 3.8) is 0 Å². The molecule has 4 N–H and O–H groups in total. The van der Waals surface area contributed by atoms with E-state index in [-0.39, 0.29) is 11.0 Å². The summed E-state index contributed by atoms with van der Waals surface area (Å²) in [4.78, 5) is 12.1. The van der Waals surface area contributed by atoms with Gasteiger partial charge in [0.05, 0.1) is 10.0 Å². The van der Waals surface area contributed by atoms with Crippen molar-refractivity contribution in [2.75, 3.05) is 10.6 Å². The number of halogens is 2. The Hall–Kier alpha value is -2.02. The third kappa shape index (κ3) is 5.56. The highest BCUT2D eigenvalue weighted by Crippen LogP contribution is 2.25. The number of anilines is 2. The molecule has 0 radical (unpaired) electrons. The standard InChI is InChI=1S/C16H16Cl2N4OS/c1-10(19-12-7-8-13(17)14(18)9-12)15(23)21-22-16(24)20-11-5-3-2-4-6-11/h2-10,19H,1H3,(H,21,23)(H2,20,22,24). The van der Waals surface area contributed by atoms with Crippen LogP contribution in [0, 0.1) is 0 Å². The van der Waals surface area contributed by atoms with Gasteiger partial charge in [0.2, 0.25) is 0 Å². The Balaban J connectivity index is 1.80. The maximum absolute atomic E-state index is 12.1. The van der Waals surface area contributed by atoms with E-state index in [0.29, 0.717) is 15.7 Å². The van der Waals surface area contributed by atoms with Gasteiger partial charge in [0, 0.05) is 11.4 Å². The van der Waals surface area contributed by atoms with E-state index < -0.39 is 6.04 Å². The third-order valence-corrected chi connectivity index (χ3v) is 3.97. The average molecular weight is 383 g/mol. The first-order valence-electron chi connectivity index (χ1n) is 7.09. The molecule has 2 aromatic carbocycles. The van der Waals surface area contributed by atoms with E-state index in [4.69, 9.17) is 35.4 Å². The van der Waals surface area contributed by atoms with Crippen LogP contribution in [0.25, 0.3) is 0 Å². The summed E-state index contributed by atoms with van der Waals surface area (Å²) in [5, 5.41) is 7.14. The molecule has 0 aliphatic heterocycles. The van der Waals surface area contributed by atoms with Crippen LogP contribution in [0.1, 0.15) is 6.92 Å². The van der Waals surface area contributed by atoms with Gasteiger partial charge in [-0.3, -0.25) is 15.6 Å². The molecule has 0 aliphatic carbocycles. The van der Waals surface area contributed by atoms with Gasteiger partial charge in [0.25, 0.3) is 5.91 Å². The van der Waals surface area contributed by atoms with E-state index in [0.717, 1.165) is 5.69 Å². The van der Waals surface area contributed by atoms with E-state index in [1.165, 1.54) is 0 Å². The molecule has 1 amide bonds. The zero-order valence-corrected chi connectivity index (χ0v) is 15.1. The summed E-state index contributed by atoms with van der Waals surface area (Å²) in [6, 6.07) is 14.0. The predicted octanol–water partition coefficient (Wildman–Crippen LogP) is 3.81. The Morgan fingerprint density at radius 2 is 1.71 bits per heavy atom. The van der Waals surface area contributed by atoms with Gasteiger partial charge in [-0.1, -0.05) is 41.4 Å². The molecule has 0 saturated carbocycles. The van der Waals surface area contributed by atoms with Gasteiger partial charge < -0.3 is 10.6 Å². The highest BCUT2D eigenvalue weighted by Gasteiger charge is 2.13. The van der Waals surface area contributed by atoms with Gasteiger partial charge in [-0.05, 0) is 49.5 Å². The minimum atomic E-state index is -0.505. The number of carbonyl (C=O) groups excluding carboxylic acids is 1. The van der Waals surface area contributed by atoms with Crippen LogP contribution in [-0.2, 0) is 4.79 Å². The summed E-state index contributed by atoms with van der Waals surface area (Å²) in [6.07, 6.45) is 0. The lowest BCUT2D eigenvalue weighted by atomic mass is 10.2. The van der Waals surface area contributed by atoms with Crippen molar-refractivity contribution in [3.05, 3.63) is 58.6 Å². The highest BCUT2D eigenvalue weighted by molar-refractivity contribution is 7.80. The van der Waals surface area contributed by atoms with Crippen LogP contribution in [0.4, 0.5) is 11.4 Å². The van der Waals surface area contributed by atoms with E-state index in [2.05, 4.69) is 21.5 Å². The van der Waals surface area contributed by atoms with Crippen molar-refractivity contribution in [1.29, 1.82) is 0 Å². The third-order valence-electron chi connectivity index (χ3n) is 3.03. The Bertz CT molecular complexity index is 727. The van der Waals surface area contributed by atoms with Gasteiger partial charge >= 0.3 is 0 Å². The zero-order chi connectivity index (χ0) is 17.5. The van der Waals surface area contributed by atoms with Crippen molar-refractivity contribution >= 4 is 57.8 Å². The number of hydrazine groups is 1. The molecule has 1 unspecified atom stereocenters. The molecule has 0 bridgehead atoms. The molecule has 5 nitrogen and oxygen atoms in total. The predicted molar refractivity (Wildman–Crippen MR) is 103 cm³/mol. The molecule has 0 heterocycles. The normalized spacial score (nSPS) is 11.3. The second-order valence-electron chi connectivity index (χ2n) is 4.93. The van der Waals surface area contributed by atoms with Gasteiger partial charge in [-0.15, -0.1) is 0 Å². The molecule has 1 atom stereocenters. The maximum atomic E-state index is 12.1. The molecule has 2 aromatic rings. The number of carbonyl (C=O) groups is 1. The molecule has 24 heavy (non-hydrogen) atoms. The lowest BCUT2D eigenvalue weighted by Crippen LogP contribution is -2.49. The van der Waals surface area contributed by atoms with E-state index in [1.807, 2.05) is 30.3 Å². The Morgan fingerprint density at radius 1 is 1.00 bits per heavy atom. The first-order valence-corrected chi connectivity index (χ1v) is 8.25. The molecule has 0 aliphatic rings. The summed E-state index contributed by atoms with van der Waals surface area (Å²) in [5.74, 6) is -0.279. The molecular formula is C16H16Cl2N4OS. The quantitative estimate of drug-likeness (QED) is 0.478. The van der Waals surface area contributed by atoms with Crippen LogP contribution in [0.2, 0.25) is 10.0 Å². The van der Waals surface area contributed by atoms with Crippen molar-refractivity contribution in [2.45, 2.75) is 13.0 Å².